The lowest BCUT2D eigenvalue weighted by Gasteiger charge is -1.85. The molecule has 0 saturated heterocycles. The minimum atomic E-state index is 0.811. The number of fused-ring (bicyclic) bond motifs is 1. The van der Waals surface area contributed by atoms with E-state index >= 15 is 0 Å². The van der Waals surface area contributed by atoms with Gasteiger partial charge in [-0.15, -0.1) is 0 Å². The molecule has 0 aliphatic carbocycles. The molecular formula is C9H12N2O. The summed E-state index contributed by atoms with van der Waals surface area (Å²) < 4.78 is 4.52. The summed E-state index contributed by atoms with van der Waals surface area (Å²) in [5.41, 5.74) is 2.80. The largest absolute Gasteiger partial charge is 0.243 e. The van der Waals surface area contributed by atoms with Gasteiger partial charge in [-0.25, -0.2) is 4.63 Å². The number of hydrogen-bond donors (Lipinski definition) is 0. The zero-order valence-electron chi connectivity index (χ0n) is 7.53. The third-order valence-electron chi connectivity index (χ3n) is 1.41. The molecule has 64 valence electrons. The molecular weight excluding hydrogens is 152 g/mol. The summed E-state index contributed by atoms with van der Waals surface area (Å²) in [6.45, 7) is 6.01. The number of hydrogen-bond acceptors (Lipinski definition) is 3. The van der Waals surface area contributed by atoms with Gasteiger partial charge in [-0.1, -0.05) is 19.9 Å². The topological polar surface area (TPSA) is 38.9 Å². The lowest BCUT2D eigenvalue weighted by atomic mass is 10.2. The highest BCUT2D eigenvalue weighted by Crippen LogP contribution is 2.09. The first-order chi connectivity index (χ1) is 5.86. The molecule has 0 saturated carbocycles. The Labute approximate surface area is 71.4 Å². The van der Waals surface area contributed by atoms with E-state index in [1.807, 2.05) is 39.0 Å². The van der Waals surface area contributed by atoms with Gasteiger partial charge in [-0.2, -0.15) is 0 Å². The standard InChI is InChI=1S/C7H6N2O.C2H6/c1-5-2-3-6-7(4-5)9-10-8-6;1-2/h2-4H,1H3;1-2H3. The van der Waals surface area contributed by atoms with Gasteiger partial charge < -0.3 is 0 Å². The van der Waals surface area contributed by atoms with Crippen LogP contribution in [0.25, 0.3) is 11.0 Å². The predicted molar refractivity (Wildman–Crippen MR) is 47.9 cm³/mol. The molecule has 0 bridgehead atoms. The van der Waals surface area contributed by atoms with Crippen LogP contribution in [-0.4, -0.2) is 10.3 Å². The Morgan fingerprint density at radius 3 is 2.50 bits per heavy atom. The Hall–Kier alpha value is -1.38. The number of benzene rings is 1. The Balaban J connectivity index is 0.000000336. The van der Waals surface area contributed by atoms with Gasteiger partial charge in [0.2, 0.25) is 0 Å². The van der Waals surface area contributed by atoms with Crippen LogP contribution in [0.3, 0.4) is 0 Å². The molecule has 3 heteroatoms. The average Bonchev–Trinajstić information content (AvgIpc) is 2.54. The van der Waals surface area contributed by atoms with E-state index in [1.54, 1.807) is 0 Å². The van der Waals surface area contributed by atoms with Crippen LogP contribution in [-0.2, 0) is 0 Å². The highest BCUT2D eigenvalue weighted by molar-refractivity contribution is 5.73. The Morgan fingerprint density at radius 1 is 1.08 bits per heavy atom. The Bertz CT molecular complexity index is 354. The zero-order valence-corrected chi connectivity index (χ0v) is 7.53. The van der Waals surface area contributed by atoms with Crippen LogP contribution in [0.15, 0.2) is 22.8 Å². The van der Waals surface area contributed by atoms with E-state index in [9.17, 15) is 0 Å². The smallest absolute Gasteiger partial charge is 0.135 e. The van der Waals surface area contributed by atoms with Crippen LogP contribution in [0.1, 0.15) is 19.4 Å². The first kappa shape index (κ1) is 8.71. The van der Waals surface area contributed by atoms with Crippen molar-refractivity contribution in [3.8, 4) is 0 Å². The van der Waals surface area contributed by atoms with Crippen molar-refractivity contribution in [1.29, 1.82) is 0 Å². The van der Waals surface area contributed by atoms with E-state index in [-0.39, 0.29) is 0 Å². The number of nitrogens with zero attached hydrogens (tertiary/aromatic N) is 2. The molecule has 12 heavy (non-hydrogen) atoms. The summed E-state index contributed by atoms with van der Waals surface area (Å²) in [7, 11) is 0. The minimum Gasteiger partial charge on any atom is -0.243 e. The second kappa shape index (κ2) is 3.85. The minimum absolute atomic E-state index is 0.811. The van der Waals surface area contributed by atoms with Gasteiger partial charge in [0.25, 0.3) is 0 Å². The third-order valence-corrected chi connectivity index (χ3v) is 1.41. The molecule has 1 heterocycles. The normalized spacial score (nSPS) is 9.25. The van der Waals surface area contributed by atoms with Crippen LogP contribution in [0.5, 0.6) is 0 Å². The lowest BCUT2D eigenvalue weighted by Crippen LogP contribution is -1.71. The van der Waals surface area contributed by atoms with E-state index in [0.29, 0.717) is 0 Å². The van der Waals surface area contributed by atoms with Crippen LogP contribution in [0.2, 0.25) is 0 Å². The fourth-order valence-electron chi connectivity index (χ4n) is 0.892. The number of aryl methyl sites for hydroxylation is 1. The molecule has 0 N–H and O–H groups in total. The molecule has 0 fully saturated rings. The van der Waals surface area contributed by atoms with E-state index < -0.39 is 0 Å². The first-order valence-corrected chi connectivity index (χ1v) is 4.05. The summed E-state index contributed by atoms with van der Waals surface area (Å²) in [5, 5.41) is 7.37. The van der Waals surface area contributed by atoms with Gasteiger partial charge in [0, 0.05) is 0 Å². The maximum absolute atomic E-state index is 4.52. The van der Waals surface area contributed by atoms with Crippen LogP contribution < -0.4 is 0 Å². The Kier molecular flexibility index (Phi) is 2.80. The predicted octanol–water partition coefficient (Wildman–Crippen LogP) is 2.56. The maximum Gasteiger partial charge on any atom is 0.135 e. The van der Waals surface area contributed by atoms with Gasteiger partial charge in [0.1, 0.15) is 11.0 Å². The molecule has 1 aromatic carbocycles. The van der Waals surface area contributed by atoms with Crippen molar-refractivity contribution in [2.45, 2.75) is 20.8 Å². The fourth-order valence-corrected chi connectivity index (χ4v) is 0.892. The van der Waals surface area contributed by atoms with E-state index in [2.05, 4.69) is 14.9 Å². The maximum atomic E-state index is 4.52. The molecule has 0 amide bonds. The molecule has 0 radical (unpaired) electrons. The molecule has 3 nitrogen and oxygen atoms in total. The summed E-state index contributed by atoms with van der Waals surface area (Å²) in [6, 6.07) is 5.81. The third kappa shape index (κ3) is 1.61. The second-order valence-corrected chi connectivity index (χ2v) is 2.26. The molecule has 2 aromatic rings. The molecule has 1 aromatic heterocycles. The van der Waals surface area contributed by atoms with E-state index in [0.717, 1.165) is 11.0 Å². The summed E-state index contributed by atoms with van der Waals surface area (Å²) >= 11 is 0. The van der Waals surface area contributed by atoms with E-state index in [1.165, 1.54) is 5.56 Å². The van der Waals surface area contributed by atoms with Crippen molar-refractivity contribution in [3.63, 3.8) is 0 Å². The molecule has 0 atom stereocenters. The molecule has 0 aliphatic heterocycles. The average molecular weight is 164 g/mol. The highest BCUT2D eigenvalue weighted by atomic mass is 16.6. The summed E-state index contributed by atoms with van der Waals surface area (Å²) in [4.78, 5) is 0. The van der Waals surface area contributed by atoms with Crippen LogP contribution in [0, 0.1) is 6.92 Å². The van der Waals surface area contributed by atoms with Crippen molar-refractivity contribution in [1.82, 2.24) is 10.3 Å². The van der Waals surface area contributed by atoms with Gasteiger partial charge in [0.15, 0.2) is 0 Å². The van der Waals surface area contributed by atoms with Crippen LogP contribution in [0.4, 0.5) is 0 Å². The molecule has 0 aliphatic rings. The van der Waals surface area contributed by atoms with Crippen LogP contribution >= 0.6 is 0 Å². The van der Waals surface area contributed by atoms with Crippen molar-refractivity contribution < 1.29 is 4.63 Å². The van der Waals surface area contributed by atoms with Gasteiger partial charge >= 0.3 is 0 Å². The van der Waals surface area contributed by atoms with Crippen molar-refractivity contribution in [2.24, 2.45) is 0 Å². The summed E-state index contributed by atoms with van der Waals surface area (Å²) in [5.74, 6) is 0. The lowest BCUT2D eigenvalue weighted by molar-refractivity contribution is 0.315. The van der Waals surface area contributed by atoms with Gasteiger partial charge in [0.05, 0.1) is 0 Å². The van der Waals surface area contributed by atoms with Gasteiger partial charge in [-0.3, -0.25) is 0 Å². The number of aromatic nitrogens is 2. The van der Waals surface area contributed by atoms with Crippen molar-refractivity contribution in [2.75, 3.05) is 0 Å². The molecule has 0 unspecified atom stereocenters. The number of rotatable bonds is 0. The quantitative estimate of drug-likeness (QED) is 0.600. The zero-order chi connectivity index (χ0) is 8.97. The second-order valence-electron chi connectivity index (χ2n) is 2.26. The Morgan fingerprint density at radius 2 is 1.75 bits per heavy atom. The first-order valence-electron chi connectivity index (χ1n) is 4.05. The monoisotopic (exact) mass is 164 g/mol. The fraction of sp³-hybridized carbons (Fsp3) is 0.333. The molecule has 2 rings (SSSR count). The van der Waals surface area contributed by atoms with E-state index in [4.69, 9.17) is 0 Å². The van der Waals surface area contributed by atoms with Crippen molar-refractivity contribution in [3.05, 3.63) is 23.8 Å². The summed E-state index contributed by atoms with van der Waals surface area (Å²) in [6.07, 6.45) is 0. The highest BCUT2D eigenvalue weighted by Gasteiger charge is 1.96. The SMILES string of the molecule is CC.Cc1ccc2nonc2c1. The van der Waals surface area contributed by atoms with Gasteiger partial charge in [-0.05, 0) is 34.9 Å². The molecule has 0 spiro atoms. The van der Waals surface area contributed by atoms with Crippen molar-refractivity contribution >= 4 is 11.0 Å².